The van der Waals surface area contributed by atoms with E-state index in [0.717, 1.165) is 32.1 Å². The lowest BCUT2D eigenvalue weighted by Gasteiger charge is -2.22. The minimum absolute atomic E-state index is 0.0445. The van der Waals surface area contributed by atoms with E-state index in [1.807, 2.05) is 0 Å². The molecule has 41 heavy (non-hydrogen) atoms. The third-order valence-corrected chi connectivity index (χ3v) is 8.24. The van der Waals surface area contributed by atoms with Crippen molar-refractivity contribution in [1.29, 1.82) is 0 Å². The van der Waals surface area contributed by atoms with Crippen LogP contribution >= 0.6 is 0 Å². The van der Waals surface area contributed by atoms with Gasteiger partial charge >= 0.3 is 0 Å². The van der Waals surface area contributed by atoms with Gasteiger partial charge in [-0.05, 0) is 38.5 Å². The Morgan fingerprint density at radius 2 is 0.976 bits per heavy atom. The van der Waals surface area contributed by atoms with Crippen LogP contribution in [0.5, 0.6) is 0 Å². The third-order valence-electron chi connectivity index (χ3n) is 8.24. The van der Waals surface area contributed by atoms with Crippen molar-refractivity contribution in [1.82, 2.24) is 5.32 Å². The molecule has 0 aromatic heterocycles. The largest absolute Gasteiger partial charge is 0.394 e. The van der Waals surface area contributed by atoms with Gasteiger partial charge in [-0.2, -0.15) is 0 Å². The molecule has 0 aliphatic rings. The number of aliphatic hydroxyl groups excluding tert-OH is 2. The molecular formula is C37H71NO3. The van der Waals surface area contributed by atoms with Crippen LogP contribution in [0.25, 0.3) is 0 Å². The fourth-order valence-electron chi connectivity index (χ4n) is 5.41. The fraction of sp³-hybridized carbons (Fsp3) is 0.865. The van der Waals surface area contributed by atoms with Crippen LogP contribution in [-0.2, 0) is 4.79 Å². The molecule has 242 valence electrons. The first-order valence-corrected chi connectivity index (χ1v) is 18.1. The minimum atomic E-state index is -0.660. The summed E-state index contributed by atoms with van der Waals surface area (Å²) in [5.41, 5.74) is 0. The summed E-state index contributed by atoms with van der Waals surface area (Å²) in [4.78, 5) is 12.3. The van der Waals surface area contributed by atoms with Gasteiger partial charge in [0, 0.05) is 6.42 Å². The van der Waals surface area contributed by atoms with E-state index in [1.165, 1.54) is 128 Å². The highest BCUT2D eigenvalue weighted by molar-refractivity contribution is 5.76. The molecule has 1 amide bonds. The van der Waals surface area contributed by atoms with E-state index in [4.69, 9.17) is 0 Å². The van der Waals surface area contributed by atoms with Crippen LogP contribution < -0.4 is 5.32 Å². The van der Waals surface area contributed by atoms with Crippen LogP contribution in [0.3, 0.4) is 0 Å². The van der Waals surface area contributed by atoms with E-state index in [2.05, 4.69) is 43.5 Å². The minimum Gasteiger partial charge on any atom is -0.394 e. The standard InChI is InChI=1S/C37H71NO3/c1-3-5-7-9-11-13-15-17-19-21-23-25-27-29-31-33-37(41)38-35(34-39)36(40)32-30-28-26-24-22-20-18-16-14-12-10-8-6-4-2/h11,13,15,17,35-36,39-40H,3-10,12,14,16,18-34H2,1-2H3,(H,38,41)/b13-11-,17-15-. The Labute approximate surface area is 256 Å². The summed E-state index contributed by atoms with van der Waals surface area (Å²) in [6.07, 6.45) is 40.8. The smallest absolute Gasteiger partial charge is 0.220 e. The average molecular weight is 578 g/mol. The molecule has 0 radical (unpaired) electrons. The molecule has 0 saturated heterocycles. The predicted octanol–water partition coefficient (Wildman–Crippen LogP) is 10.5. The average Bonchev–Trinajstić information content (AvgIpc) is 2.97. The Hall–Kier alpha value is -1.13. The van der Waals surface area contributed by atoms with Crippen LogP contribution in [-0.4, -0.2) is 34.9 Å². The highest BCUT2D eigenvalue weighted by Crippen LogP contribution is 2.15. The molecule has 2 unspecified atom stereocenters. The van der Waals surface area contributed by atoms with Gasteiger partial charge in [0.25, 0.3) is 0 Å². The van der Waals surface area contributed by atoms with Crippen molar-refractivity contribution in [3.8, 4) is 0 Å². The molecule has 0 rings (SSSR count). The summed E-state index contributed by atoms with van der Waals surface area (Å²) in [6.45, 7) is 4.31. The lowest BCUT2D eigenvalue weighted by Crippen LogP contribution is -2.45. The summed E-state index contributed by atoms with van der Waals surface area (Å²) in [6, 6.07) is -0.538. The highest BCUT2D eigenvalue weighted by atomic mass is 16.3. The SMILES string of the molecule is CCCCC/C=C\C=C/CCCCCCCCC(=O)NC(CO)C(O)CCCCCCCCCCCCCCCC. The molecular weight excluding hydrogens is 506 g/mol. The first kappa shape index (κ1) is 39.9. The molecule has 0 aromatic carbocycles. The van der Waals surface area contributed by atoms with Crippen LogP contribution in [0.4, 0.5) is 0 Å². The topological polar surface area (TPSA) is 69.6 Å². The molecule has 0 fully saturated rings. The molecule has 4 heteroatoms. The van der Waals surface area contributed by atoms with Crippen molar-refractivity contribution in [3.05, 3.63) is 24.3 Å². The number of unbranched alkanes of at least 4 members (excludes halogenated alkanes) is 22. The fourth-order valence-corrected chi connectivity index (χ4v) is 5.41. The number of carbonyl (C=O) groups is 1. The molecule has 0 saturated carbocycles. The van der Waals surface area contributed by atoms with Crippen molar-refractivity contribution in [2.45, 2.75) is 199 Å². The quantitative estimate of drug-likeness (QED) is 0.0550. The van der Waals surface area contributed by atoms with E-state index in [0.29, 0.717) is 12.8 Å². The Morgan fingerprint density at radius 1 is 0.585 bits per heavy atom. The van der Waals surface area contributed by atoms with Crippen LogP contribution in [0, 0.1) is 0 Å². The lowest BCUT2D eigenvalue weighted by molar-refractivity contribution is -0.123. The summed E-state index contributed by atoms with van der Waals surface area (Å²) in [7, 11) is 0. The molecule has 0 aromatic rings. The number of carbonyl (C=O) groups excluding carboxylic acids is 1. The number of rotatable bonds is 32. The number of hydrogen-bond acceptors (Lipinski definition) is 3. The maximum Gasteiger partial charge on any atom is 0.220 e. The van der Waals surface area contributed by atoms with Gasteiger partial charge in [0.2, 0.25) is 5.91 Å². The second kappa shape index (κ2) is 33.4. The van der Waals surface area contributed by atoms with E-state index in [1.54, 1.807) is 0 Å². The first-order chi connectivity index (χ1) is 20.2. The zero-order valence-corrected chi connectivity index (χ0v) is 27.6. The number of amides is 1. The van der Waals surface area contributed by atoms with Crippen molar-refractivity contribution >= 4 is 5.91 Å². The molecule has 0 spiro atoms. The second-order valence-corrected chi connectivity index (χ2v) is 12.3. The predicted molar refractivity (Wildman–Crippen MR) is 179 cm³/mol. The van der Waals surface area contributed by atoms with Crippen molar-refractivity contribution in [2.75, 3.05) is 6.61 Å². The van der Waals surface area contributed by atoms with Gasteiger partial charge in [0.05, 0.1) is 18.8 Å². The molecule has 0 aliphatic heterocycles. The van der Waals surface area contributed by atoms with Gasteiger partial charge in [0.15, 0.2) is 0 Å². The van der Waals surface area contributed by atoms with Gasteiger partial charge in [-0.15, -0.1) is 0 Å². The molecule has 0 heterocycles. The van der Waals surface area contributed by atoms with Gasteiger partial charge in [-0.3, -0.25) is 4.79 Å². The number of allylic oxidation sites excluding steroid dienone is 4. The zero-order chi connectivity index (χ0) is 30.1. The molecule has 0 aliphatic carbocycles. The second-order valence-electron chi connectivity index (χ2n) is 12.3. The third kappa shape index (κ3) is 30.1. The van der Waals surface area contributed by atoms with E-state index >= 15 is 0 Å². The monoisotopic (exact) mass is 578 g/mol. The van der Waals surface area contributed by atoms with E-state index < -0.39 is 12.1 Å². The zero-order valence-electron chi connectivity index (χ0n) is 27.6. The van der Waals surface area contributed by atoms with Gasteiger partial charge < -0.3 is 15.5 Å². The van der Waals surface area contributed by atoms with Gasteiger partial charge in [-0.25, -0.2) is 0 Å². The highest BCUT2D eigenvalue weighted by Gasteiger charge is 2.19. The summed E-state index contributed by atoms with van der Waals surface area (Å²) in [5.74, 6) is -0.0445. The molecule has 2 atom stereocenters. The Balaban J connectivity index is 3.59. The van der Waals surface area contributed by atoms with Crippen LogP contribution in [0.2, 0.25) is 0 Å². The first-order valence-electron chi connectivity index (χ1n) is 18.1. The molecule has 4 nitrogen and oxygen atoms in total. The number of hydrogen-bond donors (Lipinski definition) is 3. The number of aliphatic hydroxyl groups is 2. The maximum atomic E-state index is 12.3. The normalized spacial score (nSPS) is 13.4. The van der Waals surface area contributed by atoms with Crippen LogP contribution in [0.1, 0.15) is 187 Å². The molecule has 3 N–H and O–H groups in total. The van der Waals surface area contributed by atoms with Crippen LogP contribution in [0.15, 0.2) is 24.3 Å². The summed E-state index contributed by atoms with van der Waals surface area (Å²) < 4.78 is 0. The van der Waals surface area contributed by atoms with Crippen molar-refractivity contribution in [3.63, 3.8) is 0 Å². The van der Waals surface area contributed by atoms with Gasteiger partial charge in [0.1, 0.15) is 0 Å². The Morgan fingerprint density at radius 3 is 1.46 bits per heavy atom. The Bertz CT molecular complexity index is 589. The summed E-state index contributed by atoms with van der Waals surface area (Å²) >= 11 is 0. The Kier molecular flexibility index (Phi) is 32.5. The van der Waals surface area contributed by atoms with Crippen molar-refractivity contribution < 1.29 is 15.0 Å². The van der Waals surface area contributed by atoms with Gasteiger partial charge in [-0.1, -0.05) is 167 Å². The van der Waals surface area contributed by atoms with E-state index in [-0.39, 0.29) is 12.5 Å². The lowest BCUT2D eigenvalue weighted by atomic mass is 10.0. The number of nitrogens with one attached hydrogen (secondary N) is 1. The maximum absolute atomic E-state index is 12.3. The van der Waals surface area contributed by atoms with E-state index in [9.17, 15) is 15.0 Å². The molecule has 0 bridgehead atoms. The van der Waals surface area contributed by atoms with Crippen molar-refractivity contribution in [2.24, 2.45) is 0 Å². The summed E-state index contributed by atoms with van der Waals surface area (Å²) in [5, 5.41) is 23.0.